The van der Waals surface area contributed by atoms with Gasteiger partial charge in [-0.25, -0.2) is 28.8 Å². The molecule has 32 heteroatoms. The van der Waals surface area contributed by atoms with Gasteiger partial charge in [0, 0.05) is 50.6 Å². The summed E-state index contributed by atoms with van der Waals surface area (Å²) in [4.78, 5) is 99.9. The summed E-state index contributed by atoms with van der Waals surface area (Å²) in [5, 5.41) is 30.8. The Kier molecular flexibility index (Phi) is 32.8. The van der Waals surface area contributed by atoms with E-state index in [0.29, 0.717) is 47.9 Å². The SMILES string of the molecule is CC(C)(C)OC(=O)Nc1ccsc1C(=O)O.COC(=O)c1sccc1N.COC(=O)c1sccc1NC(=O)OC(C)(C)C.COc1cc2c(cc1OC)CN(CCc1ccc(NC(=O)c3sccc3N)cc1)CC2.COc1cc2c(cc1OC)CN(CCc1ccc(NC(=O)c3sccc3NC(=O)OC(C)(C)C)cc1)CC2. The zero-order valence-corrected chi connectivity index (χ0v) is 69.3. The molecule has 0 saturated heterocycles. The summed E-state index contributed by atoms with van der Waals surface area (Å²) in [6.45, 7) is 21.6. The van der Waals surface area contributed by atoms with Crippen LogP contribution in [0.1, 0.15) is 144 Å². The Morgan fingerprint density at radius 2 is 0.714 bits per heavy atom. The summed E-state index contributed by atoms with van der Waals surface area (Å²) in [5.74, 6) is 0.757. The van der Waals surface area contributed by atoms with Crippen molar-refractivity contribution in [1.82, 2.24) is 9.80 Å². The molecule has 112 heavy (non-hydrogen) atoms. The molecule has 0 unspecified atom stereocenters. The summed E-state index contributed by atoms with van der Waals surface area (Å²) < 4.78 is 46.2. The number of anilines is 7. The Morgan fingerprint density at radius 3 is 1.06 bits per heavy atom. The monoisotopic (exact) mass is 1630 g/mol. The molecule has 5 aromatic heterocycles. The van der Waals surface area contributed by atoms with Gasteiger partial charge in [-0.3, -0.25) is 35.3 Å². The molecule has 2 aliphatic heterocycles. The average molecular weight is 1630 g/mol. The van der Waals surface area contributed by atoms with Gasteiger partial charge < -0.3 is 69.8 Å². The molecule has 600 valence electrons. The fourth-order valence-corrected chi connectivity index (χ4v) is 14.5. The molecule has 0 fully saturated rings. The van der Waals surface area contributed by atoms with Crippen LogP contribution in [0.5, 0.6) is 23.0 Å². The van der Waals surface area contributed by atoms with E-state index in [-0.39, 0.29) is 28.3 Å². The number of carboxylic acid groups (broad SMARTS) is 1. The van der Waals surface area contributed by atoms with E-state index in [1.165, 1.54) is 99.0 Å². The van der Waals surface area contributed by atoms with E-state index >= 15 is 0 Å². The van der Waals surface area contributed by atoms with Crippen molar-refractivity contribution in [3.63, 3.8) is 0 Å². The van der Waals surface area contributed by atoms with Crippen LogP contribution in [-0.4, -0.2) is 149 Å². The van der Waals surface area contributed by atoms with E-state index in [9.17, 15) is 38.4 Å². The lowest BCUT2D eigenvalue weighted by Crippen LogP contribution is -2.32. The maximum Gasteiger partial charge on any atom is 0.412 e. The van der Waals surface area contributed by atoms with E-state index in [1.807, 2.05) is 41.8 Å². The molecule has 7 heterocycles. The smallest absolute Gasteiger partial charge is 0.412 e. The molecule has 5 amide bonds. The number of rotatable bonds is 20. The fraction of sp³-hybridized carbons (Fsp3) is 0.350. The Labute approximate surface area is 671 Å². The zero-order chi connectivity index (χ0) is 82.0. The van der Waals surface area contributed by atoms with Crippen molar-refractivity contribution in [2.75, 3.05) is 107 Å². The van der Waals surface area contributed by atoms with E-state index < -0.39 is 47.0 Å². The van der Waals surface area contributed by atoms with Crippen molar-refractivity contribution in [1.29, 1.82) is 0 Å². The molecule has 2 aliphatic rings. The molecule has 0 saturated carbocycles. The van der Waals surface area contributed by atoms with Crippen molar-refractivity contribution in [2.24, 2.45) is 0 Å². The predicted molar refractivity (Wildman–Crippen MR) is 443 cm³/mol. The Balaban J connectivity index is 0.000000209. The van der Waals surface area contributed by atoms with Crippen LogP contribution in [0.4, 0.5) is 54.2 Å². The Bertz CT molecular complexity index is 4660. The number of carbonyl (C=O) groups is 8. The number of nitrogens with one attached hydrogen (secondary N) is 5. The van der Waals surface area contributed by atoms with Crippen molar-refractivity contribution < 1.29 is 86.1 Å². The third-order valence-electron chi connectivity index (χ3n) is 16.1. The molecule has 0 spiro atoms. The highest BCUT2D eigenvalue weighted by molar-refractivity contribution is 7.14. The lowest BCUT2D eigenvalue weighted by molar-refractivity contribution is 0.0596. The minimum atomic E-state index is -1.07. The number of amides is 5. The van der Waals surface area contributed by atoms with Crippen molar-refractivity contribution in [3.8, 4) is 23.0 Å². The van der Waals surface area contributed by atoms with Gasteiger partial charge in [0.2, 0.25) is 0 Å². The first-order valence-corrected chi connectivity index (χ1v) is 39.5. The number of methoxy groups -OCH3 is 6. The summed E-state index contributed by atoms with van der Waals surface area (Å²) in [7, 11) is 9.30. The summed E-state index contributed by atoms with van der Waals surface area (Å²) in [5.41, 5.74) is 20.7. The summed E-state index contributed by atoms with van der Waals surface area (Å²) in [6, 6.07) is 32.5. The summed E-state index contributed by atoms with van der Waals surface area (Å²) >= 11 is 6.13. The van der Waals surface area contributed by atoms with Crippen LogP contribution in [0, 0.1) is 0 Å². The highest BCUT2D eigenvalue weighted by atomic mass is 32.1. The highest BCUT2D eigenvalue weighted by Gasteiger charge is 2.26. The molecule has 11 rings (SSSR count). The van der Waals surface area contributed by atoms with E-state index in [4.69, 9.17) is 49.7 Å². The van der Waals surface area contributed by atoms with E-state index in [2.05, 4.69) is 82.3 Å². The second kappa shape index (κ2) is 41.5. The maximum atomic E-state index is 12.9. The van der Waals surface area contributed by atoms with Gasteiger partial charge in [-0.2, -0.15) is 0 Å². The van der Waals surface area contributed by atoms with Gasteiger partial charge >= 0.3 is 36.2 Å². The average Bonchev–Trinajstić information content (AvgIpc) is 1.04. The topological polar surface area (TPSA) is 359 Å². The Morgan fingerprint density at radius 1 is 0.402 bits per heavy atom. The molecular formula is C80H97N9O18S5. The van der Waals surface area contributed by atoms with Crippen molar-refractivity contribution in [3.05, 3.63) is 188 Å². The third-order valence-corrected chi connectivity index (χ3v) is 20.6. The second-order valence-corrected chi connectivity index (χ2v) is 32.5. The number of fused-ring (bicyclic) bond motifs is 2. The lowest BCUT2D eigenvalue weighted by atomic mass is 9.98. The normalized spacial score (nSPS) is 12.3. The van der Waals surface area contributed by atoms with Crippen LogP contribution >= 0.6 is 56.7 Å². The number of carboxylic acids is 1. The minimum Gasteiger partial charge on any atom is -0.493 e. The first-order valence-electron chi connectivity index (χ1n) is 35.1. The van der Waals surface area contributed by atoms with Gasteiger partial charge in [0.15, 0.2) is 23.0 Å². The first-order chi connectivity index (χ1) is 53.1. The van der Waals surface area contributed by atoms with E-state index in [0.717, 1.165) is 105 Å². The number of nitrogen functional groups attached to an aromatic ring is 2. The van der Waals surface area contributed by atoms with E-state index in [1.54, 1.807) is 137 Å². The standard InChI is InChI=1S/C29H35N3O5S.C24H27N3O3S.C11H15NO4S.C10H13NO4S.C6H7NO2S/c1-29(2,3)37-28(34)31-23-12-15-38-26(23)27(33)30-22-8-6-19(7-9-22)10-13-32-14-11-20-16-24(35-4)25(36-5)17-21(20)18-32;1-29-21-13-17-8-11-27(15-18(17)14-22(21)30-2)10-7-16-3-5-19(6-4-16)26-24(28)23-20(25)9-12-31-23;1-11(2,3)16-10(14)12-7-5-6-17-8(7)9(13)15-4;1-10(2,3)15-9(14)11-6-4-5-16-7(6)8(12)13;1-9-6(8)5-4(7)2-3-10-5/h6-9,12,15-17H,10-11,13-14,18H2,1-5H3,(H,30,33)(H,31,34);3-6,9,12-14H,7-8,10-11,15,25H2,1-2H3,(H,26,28);5-6H,1-4H3,(H,12,14);4-5H,1-3H3,(H,11,14)(H,12,13);2-3H,7H2,1H3. The van der Waals surface area contributed by atoms with Crippen LogP contribution in [0.15, 0.2) is 130 Å². The third kappa shape index (κ3) is 27.6. The molecule has 0 radical (unpaired) electrons. The van der Waals surface area contributed by atoms with Crippen LogP contribution in [0.25, 0.3) is 0 Å². The number of aromatic carboxylic acids is 1. The maximum absolute atomic E-state index is 12.9. The second-order valence-electron chi connectivity index (χ2n) is 27.9. The number of nitrogens with zero attached hydrogens (tertiary/aromatic N) is 2. The van der Waals surface area contributed by atoms with Gasteiger partial charge in [0.1, 0.15) is 41.2 Å². The fourth-order valence-electron chi connectivity index (χ4n) is 10.9. The molecule has 9 aromatic rings. The quantitative estimate of drug-likeness (QED) is 0.0259. The molecule has 0 aliphatic carbocycles. The molecule has 4 aromatic carbocycles. The van der Waals surface area contributed by atoms with Gasteiger partial charge in [0.25, 0.3) is 11.8 Å². The number of carbonyl (C=O) groups excluding carboxylic acids is 7. The number of esters is 2. The lowest BCUT2D eigenvalue weighted by Gasteiger charge is -2.29. The van der Waals surface area contributed by atoms with Gasteiger partial charge in [-0.05, 0) is 227 Å². The summed E-state index contributed by atoms with van der Waals surface area (Å²) in [6.07, 6.45) is 2.00. The number of thiophene rings is 5. The number of hydrogen-bond acceptors (Lipinski definition) is 26. The number of benzene rings is 4. The Hall–Kier alpha value is -10.7. The number of hydrogen-bond donors (Lipinski definition) is 8. The van der Waals surface area contributed by atoms with Crippen LogP contribution in [0.2, 0.25) is 0 Å². The van der Waals surface area contributed by atoms with Crippen LogP contribution in [-0.2, 0) is 62.5 Å². The first kappa shape index (κ1) is 88.5. The number of ether oxygens (including phenoxy) is 9. The molecule has 27 nitrogen and oxygen atoms in total. The predicted octanol–water partition coefficient (Wildman–Crippen LogP) is 17.0. The zero-order valence-electron chi connectivity index (χ0n) is 65.3. The molecular weight excluding hydrogens is 1540 g/mol. The highest BCUT2D eigenvalue weighted by Crippen LogP contribution is 2.36. The molecule has 0 bridgehead atoms. The van der Waals surface area contributed by atoms with Crippen molar-refractivity contribution >= 4 is 144 Å². The van der Waals surface area contributed by atoms with Crippen molar-refractivity contribution in [2.45, 2.75) is 118 Å². The largest absolute Gasteiger partial charge is 0.493 e. The molecule has 10 N–H and O–H groups in total. The van der Waals surface area contributed by atoms with Crippen LogP contribution in [0.3, 0.4) is 0 Å². The van der Waals surface area contributed by atoms with Gasteiger partial charge in [-0.15, -0.1) is 56.7 Å². The molecule has 0 atom stereocenters. The van der Waals surface area contributed by atoms with Gasteiger partial charge in [0.05, 0.1) is 71.1 Å². The number of nitrogens with two attached hydrogens (primary N) is 2. The minimum absolute atomic E-state index is 0.0888. The van der Waals surface area contributed by atoms with Gasteiger partial charge in [-0.1, -0.05) is 24.3 Å². The van der Waals surface area contributed by atoms with Crippen LogP contribution < -0.4 is 57.0 Å².